The maximum atomic E-state index is 13.4. The van der Waals surface area contributed by atoms with E-state index in [1.807, 2.05) is 0 Å². The number of nitrogens with one attached hydrogen (secondary N) is 3. The summed E-state index contributed by atoms with van der Waals surface area (Å²) < 4.78 is 67.2. The van der Waals surface area contributed by atoms with E-state index in [1.165, 1.54) is 25.4 Å². The Morgan fingerprint density at radius 1 is 0.889 bits per heavy atom. The molecule has 0 spiro atoms. The lowest BCUT2D eigenvalue weighted by atomic mass is 10.2. The number of urea groups is 1. The first-order chi connectivity index (χ1) is 17.0. The molecule has 9 nitrogen and oxygen atoms in total. The van der Waals surface area contributed by atoms with Crippen LogP contribution in [0.1, 0.15) is 16.1 Å². The second kappa shape index (κ2) is 9.24. The molecule has 1 aromatic heterocycles. The zero-order valence-electron chi connectivity index (χ0n) is 18.7. The van der Waals surface area contributed by atoms with Crippen LogP contribution in [-0.4, -0.2) is 36.2 Å². The molecule has 2 aromatic carbocycles. The molecular weight excluding hydrogens is 488 g/mol. The Hall–Kier alpha value is -4.55. The molecule has 0 radical (unpaired) electrons. The van der Waals surface area contributed by atoms with E-state index in [2.05, 4.69) is 30.4 Å². The fourth-order valence-corrected chi connectivity index (χ4v) is 3.13. The predicted octanol–water partition coefficient (Wildman–Crippen LogP) is 5.14. The van der Waals surface area contributed by atoms with Crippen LogP contribution in [0.25, 0.3) is 0 Å². The van der Waals surface area contributed by atoms with Crippen LogP contribution >= 0.6 is 0 Å². The zero-order valence-corrected chi connectivity index (χ0v) is 18.7. The van der Waals surface area contributed by atoms with Crippen LogP contribution in [0.3, 0.4) is 0 Å². The largest absolute Gasteiger partial charge is 0.507 e. The molecule has 0 unspecified atom stereocenters. The highest BCUT2D eigenvalue weighted by Gasteiger charge is 2.65. The number of ether oxygens (including phenoxy) is 3. The third-order valence-electron chi connectivity index (χ3n) is 4.87. The first kappa shape index (κ1) is 24.6. The molecular formula is C23H18F4N4O5. The molecule has 0 fully saturated rings. The number of halogens is 4. The quantitative estimate of drug-likeness (QED) is 0.413. The molecule has 3 aromatic rings. The van der Waals surface area contributed by atoms with Gasteiger partial charge in [0.05, 0.1) is 0 Å². The monoisotopic (exact) mass is 506 g/mol. The summed E-state index contributed by atoms with van der Waals surface area (Å²) in [4.78, 5) is 28.1. The van der Waals surface area contributed by atoms with Gasteiger partial charge in [0, 0.05) is 36.8 Å². The molecule has 188 valence electrons. The summed E-state index contributed by atoms with van der Waals surface area (Å²) in [5.74, 6) is -0.782. The molecule has 3 amide bonds. The first-order valence-corrected chi connectivity index (χ1v) is 10.3. The van der Waals surface area contributed by atoms with Gasteiger partial charge in [-0.25, -0.2) is 4.79 Å². The van der Waals surface area contributed by atoms with Crippen molar-refractivity contribution in [3.05, 3.63) is 66.0 Å². The SMILES string of the molecule is CNC(=O)c1cc(Oc2ccc(NC(=O)Nc3ccc4c(c3)OC(F)(F)C(F)(F)O4)cc2C)ccn1. The number of carbonyl (C=O) groups is 2. The van der Waals surface area contributed by atoms with E-state index in [0.717, 1.165) is 12.1 Å². The highest BCUT2D eigenvalue weighted by Crippen LogP contribution is 2.47. The fourth-order valence-electron chi connectivity index (χ4n) is 3.13. The van der Waals surface area contributed by atoms with E-state index in [9.17, 15) is 27.2 Å². The van der Waals surface area contributed by atoms with Crippen LogP contribution in [0.15, 0.2) is 54.7 Å². The van der Waals surface area contributed by atoms with Gasteiger partial charge >= 0.3 is 18.2 Å². The third kappa shape index (κ3) is 5.09. The number of fused-ring (bicyclic) bond motifs is 1. The summed E-state index contributed by atoms with van der Waals surface area (Å²) in [6.45, 7) is 1.73. The number of hydrogen-bond donors (Lipinski definition) is 3. The Morgan fingerprint density at radius 3 is 2.19 bits per heavy atom. The normalized spacial score (nSPS) is 14.9. The van der Waals surface area contributed by atoms with E-state index in [4.69, 9.17) is 4.74 Å². The third-order valence-corrected chi connectivity index (χ3v) is 4.87. The van der Waals surface area contributed by atoms with Gasteiger partial charge in [0.1, 0.15) is 17.2 Å². The number of amides is 3. The maximum absolute atomic E-state index is 13.4. The lowest BCUT2D eigenvalue weighted by Crippen LogP contribution is -2.52. The van der Waals surface area contributed by atoms with E-state index < -0.39 is 29.7 Å². The number of pyridine rings is 1. The molecule has 4 rings (SSSR count). The molecule has 0 atom stereocenters. The van der Waals surface area contributed by atoms with Crippen LogP contribution in [0.5, 0.6) is 23.0 Å². The molecule has 2 heterocycles. The molecule has 0 saturated heterocycles. The molecule has 36 heavy (non-hydrogen) atoms. The summed E-state index contributed by atoms with van der Waals surface area (Å²) >= 11 is 0. The lowest BCUT2D eigenvalue weighted by Gasteiger charge is -2.31. The van der Waals surface area contributed by atoms with Crippen LogP contribution in [0.2, 0.25) is 0 Å². The number of aromatic nitrogens is 1. The van der Waals surface area contributed by atoms with Crippen molar-refractivity contribution in [3.8, 4) is 23.0 Å². The van der Waals surface area contributed by atoms with Gasteiger partial charge in [0.25, 0.3) is 5.91 Å². The Labute approximate surface area is 201 Å². The standard InChI is InChI=1S/C23H18F4N4O5/c1-12-9-13(3-5-17(12)34-15-7-8-29-16(11-15)20(32)28-2)30-21(33)31-14-4-6-18-19(10-14)36-23(26,27)22(24,25)35-18/h3-11H,1-2H3,(H,28,32)(H2,30,31,33). The predicted molar refractivity (Wildman–Crippen MR) is 119 cm³/mol. The number of carbonyl (C=O) groups excluding carboxylic acids is 2. The van der Waals surface area contributed by atoms with Crippen LogP contribution in [-0.2, 0) is 0 Å². The minimum atomic E-state index is -4.87. The average molecular weight is 506 g/mol. The van der Waals surface area contributed by atoms with Crippen molar-refractivity contribution < 1.29 is 41.4 Å². The molecule has 1 aliphatic rings. The topological polar surface area (TPSA) is 111 Å². The summed E-state index contributed by atoms with van der Waals surface area (Å²) in [6, 6.07) is 10.2. The number of aryl methyl sites for hydroxylation is 1. The van der Waals surface area contributed by atoms with Gasteiger partial charge in [-0.05, 0) is 48.9 Å². The van der Waals surface area contributed by atoms with E-state index in [1.54, 1.807) is 31.2 Å². The maximum Gasteiger partial charge on any atom is 0.507 e. The minimum absolute atomic E-state index is 0.00264. The Morgan fingerprint density at radius 2 is 1.53 bits per heavy atom. The first-order valence-electron chi connectivity index (χ1n) is 10.3. The molecule has 3 N–H and O–H groups in total. The van der Waals surface area contributed by atoms with Gasteiger partial charge in [-0.2, -0.15) is 17.6 Å². The van der Waals surface area contributed by atoms with Crippen LogP contribution in [0, 0.1) is 6.92 Å². The number of benzene rings is 2. The Kier molecular flexibility index (Phi) is 6.31. The smallest absolute Gasteiger partial charge is 0.457 e. The number of rotatable bonds is 5. The summed E-state index contributed by atoms with van der Waals surface area (Å²) in [6.07, 6.45) is -8.27. The van der Waals surface area contributed by atoms with Crippen molar-refractivity contribution >= 4 is 23.3 Å². The molecule has 0 aliphatic carbocycles. The molecule has 1 aliphatic heterocycles. The van der Waals surface area contributed by atoms with Gasteiger partial charge in [-0.3, -0.25) is 9.78 Å². The summed E-state index contributed by atoms with van der Waals surface area (Å²) in [5, 5.41) is 7.41. The number of alkyl halides is 4. The van der Waals surface area contributed by atoms with Crippen LogP contribution < -0.4 is 30.2 Å². The van der Waals surface area contributed by atoms with Crippen molar-refractivity contribution in [1.29, 1.82) is 0 Å². The molecule has 0 bridgehead atoms. The number of nitrogens with zero attached hydrogens (tertiary/aromatic N) is 1. The van der Waals surface area contributed by atoms with E-state index in [-0.39, 0.29) is 17.3 Å². The molecule has 0 saturated carbocycles. The number of anilines is 2. The van der Waals surface area contributed by atoms with Crippen molar-refractivity contribution in [1.82, 2.24) is 10.3 Å². The Bertz CT molecular complexity index is 1340. The average Bonchev–Trinajstić information content (AvgIpc) is 2.81. The van der Waals surface area contributed by atoms with Crippen molar-refractivity contribution in [2.45, 2.75) is 19.1 Å². The summed E-state index contributed by atoms with van der Waals surface area (Å²) in [5.41, 5.74) is 1.20. The van der Waals surface area contributed by atoms with E-state index in [0.29, 0.717) is 22.7 Å². The van der Waals surface area contributed by atoms with Crippen molar-refractivity contribution in [3.63, 3.8) is 0 Å². The zero-order chi connectivity index (χ0) is 26.1. The molecule has 13 heteroatoms. The summed E-state index contributed by atoms with van der Waals surface area (Å²) in [7, 11) is 1.48. The number of hydrogen-bond acceptors (Lipinski definition) is 6. The van der Waals surface area contributed by atoms with Gasteiger partial charge in [0.15, 0.2) is 11.5 Å². The highest BCUT2D eigenvalue weighted by molar-refractivity contribution is 6.00. The van der Waals surface area contributed by atoms with Gasteiger partial charge in [-0.1, -0.05) is 0 Å². The van der Waals surface area contributed by atoms with Crippen LogP contribution in [0.4, 0.5) is 33.7 Å². The minimum Gasteiger partial charge on any atom is -0.457 e. The van der Waals surface area contributed by atoms with Crippen molar-refractivity contribution in [2.75, 3.05) is 17.7 Å². The van der Waals surface area contributed by atoms with E-state index >= 15 is 0 Å². The van der Waals surface area contributed by atoms with Gasteiger partial charge < -0.3 is 30.2 Å². The second-order valence-electron chi connectivity index (χ2n) is 7.52. The van der Waals surface area contributed by atoms with Gasteiger partial charge in [-0.15, -0.1) is 0 Å². The Balaban J connectivity index is 1.41. The lowest BCUT2D eigenvalue weighted by molar-refractivity contribution is -0.391. The van der Waals surface area contributed by atoms with Crippen molar-refractivity contribution in [2.24, 2.45) is 0 Å². The highest BCUT2D eigenvalue weighted by atomic mass is 19.3. The van der Waals surface area contributed by atoms with Gasteiger partial charge in [0.2, 0.25) is 0 Å². The second-order valence-corrected chi connectivity index (χ2v) is 7.52. The fraction of sp³-hybridized carbons (Fsp3) is 0.174.